The van der Waals surface area contributed by atoms with E-state index in [2.05, 4.69) is 20.3 Å². The van der Waals surface area contributed by atoms with Crippen LogP contribution in [-0.2, 0) is 10.1 Å². The van der Waals surface area contributed by atoms with Gasteiger partial charge in [0, 0.05) is 0 Å². The van der Waals surface area contributed by atoms with Crippen LogP contribution in [0.15, 0.2) is 23.1 Å². The van der Waals surface area contributed by atoms with Crippen molar-refractivity contribution in [1.82, 2.24) is 15.0 Å². The van der Waals surface area contributed by atoms with E-state index in [4.69, 9.17) is 23.2 Å². The van der Waals surface area contributed by atoms with Gasteiger partial charge < -0.3 is 9.87 Å². The van der Waals surface area contributed by atoms with E-state index in [9.17, 15) is 13.0 Å². The Morgan fingerprint density at radius 2 is 1.71 bits per heavy atom. The number of aryl methyl sites for hydroxylation is 1. The van der Waals surface area contributed by atoms with Crippen LogP contribution >= 0.6 is 23.2 Å². The van der Waals surface area contributed by atoms with E-state index in [1.165, 1.54) is 12.1 Å². The number of hydrogen-bond donors (Lipinski definition) is 1. The molecule has 106 valence electrons. The van der Waals surface area contributed by atoms with Gasteiger partial charge in [-0.2, -0.15) is 15.0 Å². The second kappa shape index (κ2) is 7.19. The summed E-state index contributed by atoms with van der Waals surface area (Å²) >= 11 is 11.2. The van der Waals surface area contributed by atoms with Crippen LogP contribution in [0.1, 0.15) is 5.56 Å². The Kier molecular flexibility index (Phi) is 6.36. The Bertz CT molecular complexity index is 753. The number of nitrogens with one attached hydrogen (secondary N) is 1. The molecule has 1 aromatic heterocycles. The fourth-order valence-corrected chi connectivity index (χ4v) is 2.52. The minimum absolute atomic E-state index is 0. The van der Waals surface area contributed by atoms with Crippen molar-refractivity contribution in [3.05, 3.63) is 34.3 Å². The van der Waals surface area contributed by atoms with Crippen molar-refractivity contribution >= 4 is 45.0 Å². The molecule has 1 N–H and O–H groups in total. The summed E-state index contributed by atoms with van der Waals surface area (Å²) in [5.74, 6) is -0.0660. The number of hydrogen-bond acceptors (Lipinski definition) is 7. The fraction of sp³-hybridized carbons (Fsp3) is 0.100. The summed E-state index contributed by atoms with van der Waals surface area (Å²) in [5.41, 5.74) is 0.653. The second-order valence-electron chi connectivity index (χ2n) is 3.78. The molecule has 11 heteroatoms. The third-order valence-electron chi connectivity index (χ3n) is 2.23. The number of aromatic nitrogens is 3. The van der Waals surface area contributed by atoms with Crippen molar-refractivity contribution in [2.75, 3.05) is 5.32 Å². The number of nitrogens with zero attached hydrogens (tertiary/aromatic N) is 3. The molecule has 2 aromatic rings. The Morgan fingerprint density at radius 1 is 1.14 bits per heavy atom. The van der Waals surface area contributed by atoms with Gasteiger partial charge in [0.25, 0.3) is 0 Å². The van der Waals surface area contributed by atoms with Crippen molar-refractivity contribution in [2.45, 2.75) is 11.8 Å². The molecule has 0 unspecified atom stereocenters. The van der Waals surface area contributed by atoms with Gasteiger partial charge in [-0.1, -0.05) is 6.07 Å². The maximum absolute atomic E-state index is 11.2. The van der Waals surface area contributed by atoms with E-state index in [0.29, 0.717) is 5.56 Å². The summed E-state index contributed by atoms with van der Waals surface area (Å²) in [4.78, 5) is 10.6. The van der Waals surface area contributed by atoms with Crippen LogP contribution in [0.2, 0.25) is 10.6 Å². The molecule has 2 rings (SSSR count). The Hall–Kier alpha value is -0.480. The molecule has 0 spiro atoms. The third-order valence-corrected chi connectivity index (χ3v) is 3.45. The van der Waals surface area contributed by atoms with Crippen LogP contribution in [0.25, 0.3) is 0 Å². The predicted molar refractivity (Wildman–Crippen MR) is 72.3 cm³/mol. The van der Waals surface area contributed by atoms with E-state index in [1.807, 2.05) is 0 Å². The van der Waals surface area contributed by atoms with Gasteiger partial charge >= 0.3 is 29.6 Å². The molecule has 0 aliphatic heterocycles. The number of rotatable bonds is 3. The first-order valence-corrected chi connectivity index (χ1v) is 7.33. The summed E-state index contributed by atoms with van der Waals surface area (Å²) < 4.78 is 33.7. The van der Waals surface area contributed by atoms with Gasteiger partial charge in [0.2, 0.25) is 16.5 Å². The molecule has 1 heterocycles. The topological polar surface area (TPSA) is 108 Å². The summed E-state index contributed by atoms with van der Waals surface area (Å²) in [7, 11) is -4.65. The zero-order valence-corrected chi connectivity index (χ0v) is 15.3. The van der Waals surface area contributed by atoms with Crippen molar-refractivity contribution in [3.8, 4) is 0 Å². The van der Waals surface area contributed by atoms with Crippen LogP contribution in [0.3, 0.4) is 0 Å². The van der Waals surface area contributed by atoms with Gasteiger partial charge in [0.1, 0.15) is 10.1 Å². The van der Waals surface area contributed by atoms with Crippen molar-refractivity contribution < 1.29 is 42.5 Å². The van der Waals surface area contributed by atoms with Crippen molar-refractivity contribution in [1.29, 1.82) is 0 Å². The van der Waals surface area contributed by atoms with Crippen molar-refractivity contribution in [3.63, 3.8) is 0 Å². The minimum Gasteiger partial charge on any atom is -0.744 e. The van der Waals surface area contributed by atoms with Crippen molar-refractivity contribution in [2.24, 2.45) is 0 Å². The molecule has 0 aliphatic carbocycles. The molecule has 0 radical (unpaired) electrons. The van der Waals surface area contributed by atoms with Crippen LogP contribution in [0.4, 0.5) is 11.6 Å². The minimum atomic E-state index is -4.65. The van der Waals surface area contributed by atoms with E-state index in [1.54, 1.807) is 13.0 Å². The summed E-state index contributed by atoms with van der Waals surface area (Å²) in [6.45, 7) is 1.66. The molecule has 0 atom stereocenters. The van der Waals surface area contributed by atoms with Gasteiger partial charge in [-0.15, -0.1) is 0 Å². The van der Waals surface area contributed by atoms with Crippen LogP contribution < -0.4 is 34.9 Å². The smallest absolute Gasteiger partial charge is 0.744 e. The average molecular weight is 357 g/mol. The van der Waals surface area contributed by atoms with Gasteiger partial charge in [-0.3, -0.25) is 0 Å². The van der Waals surface area contributed by atoms with Crippen LogP contribution in [-0.4, -0.2) is 27.9 Å². The predicted octanol–water partition coefficient (Wildman–Crippen LogP) is -0.861. The maximum Gasteiger partial charge on any atom is 1.00 e. The number of benzene rings is 1. The summed E-state index contributed by atoms with van der Waals surface area (Å²) in [6, 6.07) is 4.29. The summed E-state index contributed by atoms with van der Waals surface area (Å²) in [5, 5.41) is 2.26. The monoisotopic (exact) mass is 356 g/mol. The maximum atomic E-state index is 11.2. The van der Waals surface area contributed by atoms with Gasteiger partial charge in [-0.25, -0.2) is 8.42 Å². The molecule has 0 aliphatic rings. The normalized spacial score (nSPS) is 10.9. The first-order valence-electron chi connectivity index (χ1n) is 5.16. The molecule has 21 heavy (non-hydrogen) atoms. The third kappa shape index (κ3) is 5.03. The quantitative estimate of drug-likeness (QED) is 0.562. The Labute approximate surface area is 153 Å². The first kappa shape index (κ1) is 18.6. The molecule has 0 saturated carbocycles. The van der Waals surface area contributed by atoms with Gasteiger partial charge in [-0.05, 0) is 47.8 Å². The van der Waals surface area contributed by atoms with E-state index in [-0.39, 0.29) is 51.8 Å². The second-order valence-corrected chi connectivity index (χ2v) is 5.80. The molecule has 0 amide bonds. The zero-order valence-electron chi connectivity index (χ0n) is 11.0. The summed E-state index contributed by atoms with van der Waals surface area (Å²) in [6.07, 6.45) is 0. The Morgan fingerprint density at radius 3 is 2.24 bits per heavy atom. The zero-order chi connectivity index (χ0) is 14.9. The fourth-order valence-electron chi connectivity index (χ4n) is 1.44. The molecular weight excluding hydrogens is 350 g/mol. The molecule has 0 bridgehead atoms. The largest absolute Gasteiger partial charge is 1.00 e. The molecule has 7 nitrogen and oxygen atoms in total. The van der Waals surface area contributed by atoms with E-state index < -0.39 is 15.0 Å². The average Bonchev–Trinajstić information content (AvgIpc) is 2.28. The standard InChI is InChI=1S/C10H8Cl2N4O3S.Na/c1-5-2-3-6(7(4-5)20(17,18)19)13-10-15-8(11)14-9(12)16-10;/h2-4H,1H3,(H,17,18,19)(H,13,14,15,16);/q;+1/p-1. The van der Waals surface area contributed by atoms with Crippen LogP contribution in [0, 0.1) is 6.92 Å². The number of halogens is 2. The number of anilines is 2. The van der Waals surface area contributed by atoms with Gasteiger partial charge in [0.05, 0.1) is 10.6 Å². The van der Waals surface area contributed by atoms with E-state index >= 15 is 0 Å². The molecule has 1 aromatic carbocycles. The molecular formula is C10H7Cl2N4NaO3S. The SMILES string of the molecule is Cc1ccc(Nc2nc(Cl)nc(Cl)n2)c(S(=O)(=O)[O-])c1.[Na+]. The van der Waals surface area contributed by atoms with E-state index in [0.717, 1.165) is 0 Å². The Balaban J connectivity index is 0.00000220. The molecule has 0 fully saturated rings. The van der Waals surface area contributed by atoms with Gasteiger partial charge in [0.15, 0.2) is 0 Å². The van der Waals surface area contributed by atoms with Crippen LogP contribution in [0.5, 0.6) is 0 Å². The molecule has 0 saturated heterocycles. The first-order chi connectivity index (χ1) is 9.25.